The van der Waals surface area contributed by atoms with Crippen LogP contribution in [-0.2, 0) is 0 Å². The topological polar surface area (TPSA) is 0 Å². The highest BCUT2D eigenvalue weighted by atomic mass is 79.9. The van der Waals surface area contributed by atoms with Crippen LogP contribution in [0.25, 0.3) is 0 Å². The smallest absolute Gasteiger partial charge is 0.105 e. The molecule has 0 radical (unpaired) electrons. The summed E-state index contributed by atoms with van der Waals surface area (Å²) in [6.07, 6.45) is 0. The zero-order valence-electron chi connectivity index (χ0n) is 7.22. The fraction of sp³-hybridized carbons (Fsp3) is 0.333. The molecule has 0 N–H and O–H groups in total. The van der Waals surface area contributed by atoms with Gasteiger partial charge in [-0.15, -0.1) is 30.6 Å². The van der Waals surface area contributed by atoms with Crippen LogP contribution in [-0.4, -0.2) is 5.31 Å². The molecule has 0 heterocycles. The minimum atomic E-state index is -1.53. The minimum absolute atomic E-state index is 0.653. The Hall–Kier alpha value is 0.397. The van der Waals surface area contributed by atoms with Crippen LogP contribution < -0.4 is 5.19 Å². The summed E-state index contributed by atoms with van der Waals surface area (Å²) < 4.78 is 0. The zero-order valence-corrected chi connectivity index (χ0v) is 11.4. The van der Waals surface area contributed by atoms with Gasteiger partial charge in [0, 0.05) is 0 Å². The molecule has 0 saturated heterocycles. The molecule has 1 rings (SSSR count). The summed E-state index contributed by atoms with van der Waals surface area (Å²) in [5, 5.41) is -0.129. The third-order valence-corrected chi connectivity index (χ3v) is 12.7. The Morgan fingerprint density at radius 1 is 1.08 bits per heavy atom. The maximum Gasteiger partial charge on any atom is 0.232 e. The second-order valence-corrected chi connectivity index (χ2v) is 16.8. The van der Waals surface area contributed by atoms with Gasteiger partial charge < -0.3 is 0 Å². The molecule has 0 bridgehead atoms. The van der Waals surface area contributed by atoms with Gasteiger partial charge in [-0.3, -0.25) is 0 Å². The maximum absolute atomic E-state index is 3.81. The van der Waals surface area contributed by atoms with Crippen molar-refractivity contribution in [3.8, 4) is 0 Å². The van der Waals surface area contributed by atoms with Gasteiger partial charge in [0.05, 0.1) is 0 Å². The second kappa shape index (κ2) is 4.07. The van der Waals surface area contributed by atoms with Gasteiger partial charge in [-0.1, -0.05) is 44.2 Å². The van der Waals surface area contributed by atoms with Crippen molar-refractivity contribution >= 4 is 41.1 Å². The number of hydrogen-bond acceptors (Lipinski definition) is 0. The van der Waals surface area contributed by atoms with Gasteiger partial charge in [-0.25, -0.2) is 0 Å². The van der Waals surface area contributed by atoms with E-state index in [2.05, 4.69) is 68.7 Å². The Morgan fingerprint density at radius 3 is 2.00 bits per heavy atom. The van der Waals surface area contributed by atoms with E-state index >= 15 is 0 Å². The second-order valence-electron chi connectivity index (χ2n) is 3.14. The van der Waals surface area contributed by atoms with Crippen molar-refractivity contribution in [3.63, 3.8) is 0 Å². The van der Waals surface area contributed by atoms with Gasteiger partial charge in [0.1, 0.15) is 0 Å². The fourth-order valence-electron chi connectivity index (χ4n) is 0.994. The molecule has 1 aromatic carbocycles. The first kappa shape index (κ1) is 10.5. The summed E-state index contributed by atoms with van der Waals surface area (Å²) in [5.74, 6) is 0. The number of hydrogen-bond donors (Lipinski definition) is 0. The third-order valence-electron chi connectivity index (χ3n) is 1.88. The normalized spacial score (nSPS) is 12.1. The lowest BCUT2D eigenvalue weighted by atomic mass is 10.4. The van der Waals surface area contributed by atoms with Crippen molar-refractivity contribution in [2.75, 3.05) is 0 Å². The first-order valence-electron chi connectivity index (χ1n) is 3.98. The first-order chi connectivity index (χ1) is 5.55. The molecule has 0 unspecified atom stereocenters. The molecular weight excluding hydrogens is 296 g/mol. The number of benzene rings is 1. The van der Waals surface area contributed by atoms with Gasteiger partial charge in [0.15, 0.2) is 0 Å². The average molecular weight is 308 g/mol. The Kier molecular flexibility index (Phi) is 3.55. The quantitative estimate of drug-likeness (QED) is 0.579. The largest absolute Gasteiger partial charge is 0.232 e. The Bertz CT molecular complexity index is 244. The van der Waals surface area contributed by atoms with Crippen LogP contribution in [0.3, 0.4) is 0 Å². The highest BCUT2D eigenvalue weighted by Crippen LogP contribution is 2.32. The van der Waals surface area contributed by atoms with Gasteiger partial charge in [-0.05, 0) is 10.7 Å². The number of halogens is 2. The molecule has 0 atom stereocenters. The molecule has 66 valence electrons. The van der Waals surface area contributed by atoms with Crippen molar-refractivity contribution in [2.24, 2.45) is 0 Å². The average Bonchev–Trinajstić information content (AvgIpc) is 2.06. The standard InChI is InChI=1S/C9H12Br2Si/c1-8(2)12(10,11)9-6-4-3-5-7-9/h3-8H,1-2H3. The van der Waals surface area contributed by atoms with Crippen LogP contribution in [0.2, 0.25) is 5.54 Å². The summed E-state index contributed by atoms with van der Waals surface area (Å²) in [7, 11) is 0. The van der Waals surface area contributed by atoms with Crippen molar-refractivity contribution in [1.29, 1.82) is 0 Å². The van der Waals surface area contributed by atoms with Crippen molar-refractivity contribution in [2.45, 2.75) is 19.4 Å². The van der Waals surface area contributed by atoms with Crippen LogP contribution in [0.1, 0.15) is 13.8 Å². The van der Waals surface area contributed by atoms with E-state index in [1.54, 1.807) is 0 Å². The van der Waals surface area contributed by atoms with E-state index in [4.69, 9.17) is 0 Å². The van der Waals surface area contributed by atoms with Crippen LogP contribution in [0.4, 0.5) is 0 Å². The lowest BCUT2D eigenvalue weighted by Gasteiger charge is -2.22. The molecule has 0 aromatic heterocycles. The summed E-state index contributed by atoms with van der Waals surface area (Å²) in [4.78, 5) is 0. The summed E-state index contributed by atoms with van der Waals surface area (Å²) in [6, 6.07) is 10.6. The molecule has 0 aliphatic carbocycles. The van der Waals surface area contributed by atoms with Gasteiger partial charge >= 0.3 is 0 Å². The lowest BCUT2D eigenvalue weighted by molar-refractivity contribution is 1.06. The van der Waals surface area contributed by atoms with E-state index in [9.17, 15) is 0 Å². The van der Waals surface area contributed by atoms with Gasteiger partial charge in [-0.2, -0.15) is 0 Å². The summed E-state index contributed by atoms with van der Waals surface area (Å²) in [6.45, 7) is 4.48. The highest BCUT2D eigenvalue weighted by Gasteiger charge is 2.32. The fourth-order valence-corrected chi connectivity index (χ4v) is 3.88. The third kappa shape index (κ3) is 2.21. The summed E-state index contributed by atoms with van der Waals surface area (Å²) >= 11 is 7.62. The van der Waals surface area contributed by atoms with Gasteiger partial charge in [0.25, 0.3) is 0 Å². The molecule has 0 amide bonds. The minimum Gasteiger partial charge on any atom is -0.105 e. The van der Waals surface area contributed by atoms with E-state index in [1.807, 2.05) is 6.07 Å². The molecule has 1 aromatic rings. The summed E-state index contributed by atoms with van der Waals surface area (Å²) in [5.41, 5.74) is 0.653. The van der Waals surface area contributed by atoms with E-state index in [0.29, 0.717) is 5.54 Å². The first-order valence-corrected chi connectivity index (χ1v) is 10.6. The van der Waals surface area contributed by atoms with E-state index in [1.165, 1.54) is 5.19 Å². The van der Waals surface area contributed by atoms with Crippen molar-refractivity contribution < 1.29 is 0 Å². The predicted octanol–water partition coefficient (Wildman–Crippen LogP) is 3.54. The van der Waals surface area contributed by atoms with Crippen LogP contribution >= 0.6 is 30.6 Å². The Labute approximate surface area is 90.5 Å². The van der Waals surface area contributed by atoms with Crippen LogP contribution in [0.15, 0.2) is 30.3 Å². The molecule has 0 aliphatic rings. The van der Waals surface area contributed by atoms with Crippen LogP contribution in [0, 0.1) is 0 Å². The van der Waals surface area contributed by atoms with Crippen molar-refractivity contribution in [3.05, 3.63) is 30.3 Å². The molecule has 0 aliphatic heterocycles. The molecule has 0 spiro atoms. The zero-order chi connectivity index (χ0) is 9.19. The molecule has 0 saturated carbocycles. The van der Waals surface area contributed by atoms with E-state index < -0.39 is 5.31 Å². The highest BCUT2D eigenvalue weighted by molar-refractivity contribution is 9.51. The Morgan fingerprint density at radius 2 is 1.58 bits per heavy atom. The lowest BCUT2D eigenvalue weighted by Crippen LogP contribution is -2.37. The Balaban J connectivity index is 2.98. The van der Waals surface area contributed by atoms with Crippen LogP contribution in [0.5, 0.6) is 0 Å². The SMILES string of the molecule is CC(C)[Si](Br)(Br)c1ccccc1. The molecule has 12 heavy (non-hydrogen) atoms. The van der Waals surface area contributed by atoms with Crippen molar-refractivity contribution in [1.82, 2.24) is 0 Å². The molecule has 0 fully saturated rings. The maximum atomic E-state index is 3.81. The molecule has 0 nitrogen and oxygen atoms in total. The van der Waals surface area contributed by atoms with Gasteiger partial charge in [0.2, 0.25) is 5.31 Å². The molecule has 3 heteroatoms. The van der Waals surface area contributed by atoms with E-state index in [0.717, 1.165) is 0 Å². The van der Waals surface area contributed by atoms with E-state index in [-0.39, 0.29) is 0 Å². The number of rotatable bonds is 2. The monoisotopic (exact) mass is 306 g/mol. The molecular formula is C9H12Br2Si. The predicted molar refractivity (Wildman–Crippen MR) is 64.8 cm³/mol.